The lowest BCUT2D eigenvalue weighted by molar-refractivity contribution is 1.34. The van der Waals surface area contributed by atoms with Gasteiger partial charge in [-0.1, -0.05) is 35.9 Å². The second-order valence-corrected chi connectivity index (χ2v) is 3.94. The SMILES string of the molecule is Clc1[c]ccc(-c2nc3ccccc3[nH]2)c1. The lowest BCUT2D eigenvalue weighted by atomic mass is 10.2. The zero-order valence-electron chi connectivity index (χ0n) is 8.37. The summed E-state index contributed by atoms with van der Waals surface area (Å²) >= 11 is 5.90. The van der Waals surface area contributed by atoms with E-state index in [4.69, 9.17) is 11.6 Å². The van der Waals surface area contributed by atoms with Gasteiger partial charge in [-0.3, -0.25) is 0 Å². The molecule has 2 aromatic carbocycles. The lowest BCUT2D eigenvalue weighted by Gasteiger charge is -1.95. The number of hydrogen-bond donors (Lipinski definition) is 1. The van der Waals surface area contributed by atoms with Crippen molar-refractivity contribution in [3.8, 4) is 11.4 Å². The van der Waals surface area contributed by atoms with Gasteiger partial charge in [0.05, 0.1) is 11.0 Å². The van der Waals surface area contributed by atoms with Crippen molar-refractivity contribution >= 4 is 22.6 Å². The van der Waals surface area contributed by atoms with Gasteiger partial charge in [0.1, 0.15) is 5.82 Å². The minimum Gasteiger partial charge on any atom is -0.338 e. The summed E-state index contributed by atoms with van der Waals surface area (Å²) in [7, 11) is 0. The third-order valence-electron chi connectivity index (χ3n) is 2.43. The molecule has 0 atom stereocenters. The summed E-state index contributed by atoms with van der Waals surface area (Å²) in [4.78, 5) is 7.75. The van der Waals surface area contributed by atoms with Gasteiger partial charge in [-0.05, 0) is 18.2 Å². The number of para-hydroxylation sites is 2. The molecule has 0 fully saturated rings. The van der Waals surface area contributed by atoms with Gasteiger partial charge in [-0.25, -0.2) is 4.98 Å². The summed E-state index contributed by atoms with van der Waals surface area (Å²) in [5.41, 5.74) is 2.96. The summed E-state index contributed by atoms with van der Waals surface area (Å²) in [5.74, 6) is 0.831. The standard InChI is InChI=1S/C13H8ClN2/c14-10-5-3-4-9(8-10)13-15-11-6-1-2-7-12(11)16-13/h1-4,6-8H,(H,15,16). The third-order valence-corrected chi connectivity index (χ3v) is 2.65. The maximum absolute atomic E-state index is 5.90. The molecule has 1 N–H and O–H groups in total. The van der Waals surface area contributed by atoms with Gasteiger partial charge in [-0.2, -0.15) is 0 Å². The minimum absolute atomic E-state index is 0.595. The van der Waals surface area contributed by atoms with Crippen LogP contribution in [0.4, 0.5) is 0 Å². The zero-order valence-corrected chi connectivity index (χ0v) is 9.12. The van der Waals surface area contributed by atoms with E-state index in [0.717, 1.165) is 22.4 Å². The van der Waals surface area contributed by atoms with E-state index < -0.39 is 0 Å². The number of halogens is 1. The normalized spacial score (nSPS) is 10.8. The van der Waals surface area contributed by atoms with Crippen molar-refractivity contribution in [2.24, 2.45) is 0 Å². The summed E-state index contributed by atoms with van der Waals surface area (Å²) in [5, 5.41) is 0.595. The number of nitrogens with zero attached hydrogens (tertiary/aromatic N) is 1. The molecule has 0 saturated carbocycles. The van der Waals surface area contributed by atoms with E-state index in [1.807, 2.05) is 36.4 Å². The molecule has 0 bridgehead atoms. The Hall–Kier alpha value is -1.80. The fourth-order valence-corrected chi connectivity index (χ4v) is 1.85. The quantitative estimate of drug-likeness (QED) is 0.675. The molecular weight excluding hydrogens is 220 g/mol. The van der Waals surface area contributed by atoms with Crippen LogP contribution in [-0.4, -0.2) is 9.97 Å². The Morgan fingerprint density at radius 1 is 1.19 bits per heavy atom. The Balaban J connectivity index is 2.19. The highest BCUT2D eigenvalue weighted by Gasteiger charge is 2.04. The number of benzene rings is 2. The third kappa shape index (κ3) is 1.57. The predicted octanol–water partition coefficient (Wildman–Crippen LogP) is 3.68. The summed E-state index contributed by atoms with van der Waals surface area (Å²) in [6.07, 6.45) is 0. The van der Waals surface area contributed by atoms with Gasteiger partial charge in [-0.15, -0.1) is 0 Å². The molecule has 3 aromatic rings. The van der Waals surface area contributed by atoms with E-state index in [1.165, 1.54) is 0 Å². The molecule has 16 heavy (non-hydrogen) atoms. The van der Waals surface area contributed by atoms with Gasteiger partial charge in [0.25, 0.3) is 0 Å². The lowest BCUT2D eigenvalue weighted by Crippen LogP contribution is -1.79. The Morgan fingerprint density at radius 3 is 2.88 bits per heavy atom. The van der Waals surface area contributed by atoms with Crippen molar-refractivity contribution in [3.05, 3.63) is 53.6 Å². The van der Waals surface area contributed by atoms with E-state index in [1.54, 1.807) is 6.07 Å². The first-order valence-corrected chi connectivity index (χ1v) is 5.33. The molecule has 0 aliphatic carbocycles. The number of fused-ring (bicyclic) bond motifs is 1. The van der Waals surface area contributed by atoms with Crippen molar-refractivity contribution in [1.29, 1.82) is 0 Å². The summed E-state index contributed by atoms with van der Waals surface area (Å²) in [6, 6.07) is 16.4. The average molecular weight is 228 g/mol. The molecule has 2 nitrogen and oxygen atoms in total. The van der Waals surface area contributed by atoms with Gasteiger partial charge < -0.3 is 4.98 Å². The maximum Gasteiger partial charge on any atom is 0.138 e. The number of rotatable bonds is 1. The molecule has 1 heterocycles. The Morgan fingerprint density at radius 2 is 2.06 bits per heavy atom. The molecule has 0 saturated heterocycles. The number of imidazole rings is 1. The number of aromatic nitrogens is 2. The highest BCUT2D eigenvalue weighted by atomic mass is 35.5. The molecule has 0 amide bonds. The largest absolute Gasteiger partial charge is 0.338 e. The van der Waals surface area contributed by atoms with Gasteiger partial charge in [0.2, 0.25) is 0 Å². The van der Waals surface area contributed by atoms with E-state index >= 15 is 0 Å². The molecule has 77 valence electrons. The predicted molar refractivity (Wildman–Crippen MR) is 65.4 cm³/mol. The Bertz CT molecular complexity index is 610. The van der Waals surface area contributed by atoms with Crippen molar-refractivity contribution in [2.45, 2.75) is 0 Å². The smallest absolute Gasteiger partial charge is 0.138 e. The minimum atomic E-state index is 0.595. The second-order valence-electron chi connectivity index (χ2n) is 3.53. The monoisotopic (exact) mass is 227 g/mol. The van der Waals surface area contributed by atoms with Crippen LogP contribution in [0.3, 0.4) is 0 Å². The molecule has 3 rings (SSSR count). The molecule has 3 heteroatoms. The zero-order chi connectivity index (χ0) is 11.0. The first-order valence-electron chi connectivity index (χ1n) is 4.95. The van der Waals surface area contributed by atoms with E-state index in [-0.39, 0.29) is 0 Å². The van der Waals surface area contributed by atoms with Crippen LogP contribution in [-0.2, 0) is 0 Å². The highest BCUT2D eigenvalue weighted by Crippen LogP contribution is 2.22. The highest BCUT2D eigenvalue weighted by molar-refractivity contribution is 6.30. The topological polar surface area (TPSA) is 28.7 Å². The van der Waals surface area contributed by atoms with Gasteiger partial charge in [0, 0.05) is 16.7 Å². The van der Waals surface area contributed by atoms with Crippen LogP contribution in [0.25, 0.3) is 22.4 Å². The van der Waals surface area contributed by atoms with Crippen LogP contribution in [0.15, 0.2) is 42.5 Å². The Labute approximate surface area is 97.9 Å². The van der Waals surface area contributed by atoms with E-state index in [2.05, 4.69) is 16.0 Å². The van der Waals surface area contributed by atoms with Crippen LogP contribution < -0.4 is 0 Å². The molecular formula is C13H8ClN2. The van der Waals surface area contributed by atoms with E-state index in [9.17, 15) is 0 Å². The van der Waals surface area contributed by atoms with Crippen molar-refractivity contribution in [3.63, 3.8) is 0 Å². The average Bonchev–Trinajstić information content (AvgIpc) is 2.72. The van der Waals surface area contributed by atoms with Gasteiger partial charge in [0.15, 0.2) is 0 Å². The number of aromatic amines is 1. The van der Waals surface area contributed by atoms with Crippen LogP contribution in [0, 0.1) is 6.07 Å². The molecule has 0 unspecified atom stereocenters. The van der Waals surface area contributed by atoms with Crippen molar-refractivity contribution in [2.75, 3.05) is 0 Å². The molecule has 1 aromatic heterocycles. The number of nitrogens with one attached hydrogen (secondary N) is 1. The fraction of sp³-hybridized carbons (Fsp3) is 0. The summed E-state index contributed by atoms with van der Waals surface area (Å²) < 4.78 is 0. The van der Waals surface area contributed by atoms with Crippen LogP contribution >= 0.6 is 11.6 Å². The van der Waals surface area contributed by atoms with Crippen molar-refractivity contribution in [1.82, 2.24) is 9.97 Å². The number of H-pyrrole nitrogens is 1. The van der Waals surface area contributed by atoms with Gasteiger partial charge >= 0.3 is 0 Å². The molecule has 0 aliphatic heterocycles. The maximum atomic E-state index is 5.90. The molecule has 0 aliphatic rings. The molecule has 1 radical (unpaired) electrons. The first kappa shape index (κ1) is 9.43. The Kier molecular flexibility index (Phi) is 2.15. The van der Waals surface area contributed by atoms with Crippen LogP contribution in [0.5, 0.6) is 0 Å². The summed E-state index contributed by atoms with van der Waals surface area (Å²) in [6.45, 7) is 0. The number of hydrogen-bond acceptors (Lipinski definition) is 1. The van der Waals surface area contributed by atoms with Crippen molar-refractivity contribution < 1.29 is 0 Å². The first-order chi connectivity index (χ1) is 7.83. The van der Waals surface area contributed by atoms with Crippen LogP contribution in [0.1, 0.15) is 0 Å². The molecule has 0 spiro atoms. The van der Waals surface area contributed by atoms with Crippen LogP contribution in [0.2, 0.25) is 5.02 Å². The second kappa shape index (κ2) is 3.65. The van der Waals surface area contributed by atoms with E-state index in [0.29, 0.717) is 5.02 Å². The fourth-order valence-electron chi connectivity index (χ4n) is 1.67.